The van der Waals surface area contributed by atoms with Crippen LogP contribution in [0.2, 0.25) is 0 Å². The molecule has 0 aliphatic rings. The van der Waals surface area contributed by atoms with Gasteiger partial charge in [0.05, 0.1) is 11.7 Å². The van der Waals surface area contributed by atoms with Crippen molar-refractivity contribution in [2.75, 3.05) is 13.2 Å². The second kappa shape index (κ2) is 7.98. The summed E-state index contributed by atoms with van der Waals surface area (Å²) in [6, 6.07) is 9.53. The zero-order chi connectivity index (χ0) is 18.4. The number of benzene rings is 2. The lowest BCUT2D eigenvalue weighted by Crippen LogP contribution is -2.32. The quantitative estimate of drug-likeness (QED) is 0.782. The van der Waals surface area contributed by atoms with Crippen LogP contribution in [-0.4, -0.2) is 24.2 Å². The zero-order valence-corrected chi connectivity index (χ0v) is 12.9. The third kappa shape index (κ3) is 5.46. The van der Waals surface area contributed by atoms with Gasteiger partial charge in [0.1, 0.15) is 0 Å². The maximum Gasteiger partial charge on any atom is 0.416 e. The molecule has 2 aromatic rings. The van der Waals surface area contributed by atoms with Crippen LogP contribution in [0.3, 0.4) is 0 Å². The van der Waals surface area contributed by atoms with Crippen molar-refractivity contribution < 1.29 is 32.2 Å². The Morgan fingerprint density at radius 3 is 2.36 bits per heavy atom. The van der Waals surface area contributed by atoms with Crippen molar-refractivity contribution in [3.63, 3.8) is 0 Å². The first-order chi connectivity index (χ1) is 11.8. The molecule has 0 aliphatic carbocycles. The SMILES string of the molecule is O=C(COc1ccccc1F)NCC(O)c1ccc(C(F)(F)F)cc1. The van der Waals surface area contributed by atoms with Gasteiger partial charge in [-0.15, -0.1) is 0 Å². The first kappa shape index (κ1) is 18.7. The fourth-order valence-electron chi connectivity index (χ4n) is 1.98. The number of carbonyl (C=O) groups excluding carboxylic acids is 1. The van der Waals surface area contributed by atoms with Gasteiger partial charge >= 0.3 is 6.18 Å². The highest BCUT2D eigenvalue weighted by Crippen LogP contribution is 2.29. The minimum absolute atomic E-state index is 0.0825. The second-order valence-electron chi connectivity index (χ2n) is 5.16. The summed E-state index contributed by atoms with van der Waals surface area (Å²) in [5.41, 5.74) is -0.603. The number of amides is 1. The number of carbonyl (C=O) groups is 1. The summed E-state index contributed by atoms with van der Waals surface area (Å²) in [5, 5.41) is 12.3. The second-order valence-corrected chi connectivity index (χ2v) is 5.16. The Labute approximate surface area is 141 Å². The molecule has 2 N–H and O–H groups in total. The Bertz CT molecular complexity index is 717. The lowest BCUT2D eigenvalue weighted by molar-refractivity contribution is -0.137. The molecule has 0 bridgehead atoms. The Morgan fingerprint density at radius 2 is 1.76 bits per heavy atom. The van der Waals surface area contributed by atoms with E-state index in [-0.39, 0.29) is 17.9 Å². The first-order valence-corrected chi connectivity index (χ1v) is 7.26. The summed E-state index contributed by atoms with van der Waals surface area (Å²) >= 11 is 0. The number of aliphatic hydroxyl groups is 1. The monoisotopic (exact) mass is 357 g/mol. The van der Waals surface area contributed by atoms with E-state index in [9.17, 15) is 27.5 Å². The number of ether oxygens (including phenoxy) is 1. The van der Waals surface area contributed by atoms with Crippen LogP contribution in [0, 0.1) is 5.82 Å². The highest BCUT2D eigenvalue weighted by Gasteiger charge is 2.30. The van der Waals surface area contributed by atoms with Crippen molar-refractivity contribution in [3.05, 3.63) is 65.5 Å². The average molecular weight is 357 g/mol. The zero-order valence-electron chi connectivity index (χ0n) is 12.9. The average Bonchev–Trinajstić information content (AvgIpc) is 2.58. The van der Waals surface area contributed by atoms with Gasteiger partial charge in [-0.25, -0.2) is 4.39 Å². The molecule has 0 heterocycles. The number of halogens is 4. The van der Waals surface area contributed by atoms with Gasteiger partial charge in [0.15, 0.2) is 18.2 Å². The molecule has 25 heavy (non-hydrogen) atoms. The molecule has 1 unspecified atom stereocenters. The lowest BCUT2D eigenvalue weighted by atomic mass is 10.1. The van der Waals surface area contributed by atoms with Crippen LogP contribution in [0.4, 0.5) is 17.6 Å². The van der Waals surface area contributed by atoms with E-state index in [4.69, 9.17) is 4.74 Å². The normalized spacial score (nSPS) is 12.5. The van der Waals surface area contributed by atoms with Crippen molar-refractivity contribution >= 4 is 5.91 Å². The standard InChI is InChI=1S/C17H15F4NO3/c18-13-3-1-2-4-15(13)25-10-16(24)22-9-14(23)11-5-7-12(8-6-11)17(19,20)21/h1-8,14,23H,9-10H2,(H,22,24). The van der Waals surface area contributed by atoms with Gasteiger partial charge in [-0.2, -0.15) is 13.2 Å². The minimum atomic E-state index is -4.46. The van der Waals surface area contributed by atoms with E-state index in [1.54, 1.807) is 6.07 Å². The van der Waals surface area contributed by atoms with Crippen molar-refractivity contribution in [2.45, 2.75) is 12.3 Å². The van der Waals surface area contributed by atoms with E-state index >= 15 is 0 Å². The molecule has 0 aliphatic heterocycles. The van der Waals surface area contributed by atoms with Crippen LogP contribution in [0.1, 0.15) is 17.2 Å². The Balaban J connectivity index is 1.82. The van der Waals surface area contributed by atoms with E-state index in [1.807, 2.05) is 0 Å². The molecule has 4 nitrogen and oxygen atoms in total. The van der Waals surface area contributed by atoms with Crippen molar-refractivity contribution in [2.24, 2.45) is 0 Å². The number of alkyl halides is 3. The summed E-state index contributed by atoms with van der Waals surface area (Å²) in [5.74, 6) is -1.30. The van der Waals surface area contributed by atoms with Crippen LogP contribution < -0.4 is 10.1 Å². The summed E-state index contributed by atoms with van der Waals surface area (Å²) in [6.45, 7) is -0.675. The van der Waals surface area contributed by atoms with Crippen LogP contribution in [0.25, 0.3) is 0 Å². The molecule has 8 heteroatoms. The van der Waals surface area contributed by atoms with Gasteiger partial charge in [-0.1, -0.05) is 24.3 Å². The number of hydrogen-bond acceptors (Lipinski definition) is 3. The largest absolute Gasteiger partial charge is 0.481 e. The number of rotatable bonds is 6. The van der Waals surface area contributed by atoms with Crippen molar-refractivity contribution in [1.82, 2.24) is 5.32 Å². The Hall–Kier alpha value is -2.61. The molecule has 1 atom stereocenters. The van der Waals surface area contributed by atoms with Gasteiger partial charge in [-0.3, -0.25) is 4.79 Å². The highest BCUT2D eigenvalue weighted by atomic mass is 19.4. The van der Waals surface area contributed by atoms with Crippen LogP contribution in [-0.2, 0) is 11.0 Å². The summed E-state index contributed by atoms with van der Waals surface area (Å²) in [6.07, 6.45) is -5.64. The molecule has 0 saturated heterocycles. The molecule has 0 spiro atoms. The molecule has 2 aromatic carbocycles. The van der Waals surface area contributed by atoms with Crippen LogP contribution in [0.15, 0.2) is 48.5 Å². The number of para-hydroxylation sites is 1. The fourth-order valence-corrected chi connectivity index (χ4v) is 1.98. The van der Waals surface area contributed by atoms with Crippen molar-refractivity contribution in [1.29, 1.82) is 0 Å². The summed E-state index contributed by atoms with van der Waals surface area (Å²) in [7, 11) is 0. The number of aliphatic hydroxyl groups excluding tert-OH is 1. The molecular formula is C17H15F4NO3. The molecule has 0 fully saturated rings. The van der Waals surface area contributed by atoms with E-state index in [0.717, 1.165) is 24.3 Å². The third-order valence-corrected chi connectivity index (χ3v) is 3.31. The van der Waals surface area contributed by atoms with E-state index in [0.29, 0.717) is 0 Å². The van der Waals surface area contributed by atoms with Crippen LogP contribution in [0.5, 0.6) is 5.75 Å². The molecule has 0 radical (unpaired) electrons. The highest BCUT2D eigenvalue weighted by molar-refractivity contribution is 5.77. The molecule has 1 amide bonds. The number of hydrogen-bond donors (Lipinski definition) is 2. The fraction of sp³-hybridized carbons (Fsp3) is 0.235. The van der Waals surface area contributed by atoms with Gasteiger partial charge in [0, 0.05) is 6.54 Å². The maximum atomic E-state index is 13.3. The van der Waals surface area contributed by atoms with Gasteiger partial charge in [-0.05, 0) is 29.8 Å². The minimum Gasteiger partial charge on any atom is -0.481 e. The topological polar surface area (TPSA) is 58.6 Å². The Kier molecular flexibility index (Phi) is 5.97. The third-order valence-electron chi connectivity index (χ3n) is 3.31. The molecule has 2 rings (SSSR count). The molecular weight excluding hydrogens is 342 g/mol. The van der Waals surface area contributed by atoms with E-state index in [2.05, 4.69) is 5.32 Å². The maximum absolute atomic E-state index is 13.3. The smallest absolute Gasteiger partial charge is 0.416 e. The Morgan fingerprint density at radius 1 is 1.12 bits per heavy atom. The van der Waals surface area contributed by atoms with Gasteiger partial charge < -0.3 is 15.2 Å². The van der Waals surface area contributed by atoms with E-state index in [1.165, 1.54) is 18.2 Å². The molecule has 0 aromatic heterocycles. The van der Waals surface area contributed by atoms with Crippen LogP contribution >= 0.6 is 0 Å². The predicted octanol–water partition coefficient (Wildman–Crippen LogP) is 3.07. The van der Waals surface area contributed by atoms with Crippen molar-refractivity contribution in [3.8, 4) is 5.75 Å². The van der Waals surface area contributed by atoms with E-state index < -0.39 is 36.2 Å². The summed E-state index contributed by atoms with van der Waals surface area (Å²) < 4.78 is 55.7. The lowest BCUT2D eigenvalue weighted by Gasteiger charge is -2.14. The predicted molar refractivity (Wildman–Crippen MR) is 81.3 cm³/mol. The van der Waals surface area contributed by atoms with Gasteiger partial charge in [0.25, 0.3) is 5.91 Å². The van der Waals surface area contributed by atoms with Gasteiger partial charge in [0.2, 0.25) is 0 Å². The molecule has 134 valence electrons. The summed E-state index contributed by atoms with van der Waals surface area (Å²) in [4.78, 5) is 11.6. The number of nitrogens with one attached hydrogen (secondary N) is 1. The molecule has 0 saturated carbocycles. The first-order valence-electron chi connectivity index (χ1n) is 7.26.